The van der Waals surface area contributed by atoms with E-state index in [4.69, 9.17) is 13.5 Å². The fourth-order valence-electron chi connectivity index (χ4n) is 10.1. The molecule has 0 unspecified atom stereocenters. The maximum atomic E-state index is 15.5. The number of nitrogens with zero attached hydrogens (tertiary/aromatic N) is 4. The molecule has 0 amide bonds. The van der Waals surface area contributed by atoms with Gasteiger partial charge in [-0.2, -0.15) is 0 Å². The van der Waals surface area contributed by atoms with E-state index < -0.39 is 26.6 Å². The summed E-state index contributed by atoms with van der Waals surface area (Å²) in [6, 6.07) is 51.3. The zero-order chi connectivity index (χ0) is 51.8. The Bertz CT molecular complexity index is 4170. The molecule has 5 nitrogen and oxygen atoms in total. The quantitative estimate of drug-likeness (QED) is 0.0946. The minimum absolute atomic E-state index is 0. The summed E-state index contributed by atoms with van der Waals surface area (Å²) in [5, 5.41) is 6.56. The van der Waals surface area contributed by atoms with Crippen molar-refractivity contribution in [3.63, 3.8) is 0 Å². The van der Waals surface area contributed by atoms with E-state index >= 15 is 4.39 Å². The average molecular weight is 1140 g/mol. The van der Waals surface area contributed by atoms with Gasteiger partial charge in [0.05, 0.1) is 30.5 Å². The van der Waals surface area contributed by atoms with Gasteiger partial charge in [-0.3, -0.25) is 18.7 Å². The van der Waals surface area contributed by atoms with Crippen molar-refractivity contribution in [2.24, 2.45) is 0 Å². The van der Waals surface area contributed by atoms with Crippen LogP contribution in [0.2, 0.25) is 19.6 Å². The summed E-state index contributed by atoms with van der Waals surface area (Å²) in [5.74, 6) is -0.230. The van der Waals surface area contributed by atoms with Gasteiger partial charge in [-0.1, -0.05) is 138 Å². The van der Waals surface area contributed by atoms with Crippen LogP contribution < -0.4 is 5.19 Å². The van der Waals surface area contributed by atoms with E-state index in [1.54, 1.807) is 30.7 Å². The molecular formula is C63H50F2IrN4OSi-2. The molecule has 0 fully saturated rings. The molecule has 8 aromatic carbocycles. The molecule has 9 heteroatoms. The summed E-state index contributed by atoms with van der Waals surface area (Å²) in [4.78, 5) is 13.9. The number of aryl methyl sites for hydroxylation is 5. The second kappa shape index (κ2) is 19.0. The van der Waals surface area contributed by atoms with Crippen molar-refractivity contribution < 1.29 is 37.4 Å². The van der Waals surface area contributed by atoms with Gasteiger partial charge >= 0.3 is 0 Å². The smallest absolute Gasteiger partial charge is 0.124 e. The second-order valence-corrected chi connectivity index (χ2v) is 24.3. The number of hydrogen-bond donors (Lipinski definition) is 0. The topological polar surface area (TPSA) is 56.7 Å². The molecule has 0 aliphatic rings. The maximum absolute atomic E-state index is 15.5. The van der Waals surface area contributed by atoms with Gasteiger partial charge in [0, 0.05) is 65.5 Å². The van der Waals surface area contributed by atoms with Crippen molar-refractivity contribution >= 4 is 67.8 Å². The third-order valence-corrected chi connectivity index (χ3v) is 15.7. The summed E-state index contributed by atoms with van der Waals surface area (Å²) in [6.07, 6.45) is 4.90. The first-order valence-electron chi connectivity index (χ1n) is 25.1. The Hall–Kier alpha value is -7.42. The van der Waals surface area contributed by atoms with Crippen LogP contribution in [0.4, 0.5) is 8.78 Å². The Labute approximate surface area is 436 Å². The molecule has 0 aliphatic heterocycles. The van der Waals surface area contributed by atoms with Crippen LogP contribution in [-0.2, 0) is 20.1 Å². The number of pyridine rings is 2. The number of furan rings is 1. The van der Waals surface area contributed by atoms with Gasteiger partial charge in [-0.05, 0) is 136 Å². The van der Waals surface area contributed by atoms with Crippen LogP contribution in [0.5, 0.6) is 0 Å². The molecular weight excluding hydrogens is 1090 g/mol. The van der Waals surface area contributed by atoms with Crippen molar-refractivity contribution in [3.8, 4) is 50.6 Å². The minimum atomic E-state index is -2.27. The molecule has 357 valence electrons. The Balaban J connectivity index is 0.000000196. The minimum Gasteiger partial charge on any atom is -0.500 e. The third-order valence-electron chi connectivity index (χ3n) is 13.7. The predicted molar refractivity (Wildman–Crippen MR) is 291 cm³/mol. The Morgan fingerprint density at radius 3 is 1.94 bits per heavy atom. The van der Waals surface area contributed by atoms with E-state index in [2.05, 4.69) is 147 Å². The molecule has 1 radical (unpaired) electrons. The van der Waals surface area contributed by atoms with Crippen molar-refractivity contribution in [1.82, 2.24) is 19.5 Å². The van der Waals surface area contributed by atoms with Gasteiger partial charge in [-0.25, -0.2) is 0 Å². The van der Waals surface area contributed by atoms with Gasteiger partial charge < -0.3 is 14.0 Å². The number of imidazole rings is 1. The number of hydrogen-bond acceptors (Lipinski definition) is 4. The van der Waals surface area contributed by atoms with Crippen molar-refractivity contribution in [2.75, 3.05) is 0 Å². The predicted octanol–water partition coefficient (Wildman–Crippen LogP) is 16.3. The number of halogens is 2. The summed E-state index contributed by atoms with van der Waals surface area (Å²) in [7, 11) is -1.90. The van der Waals surface area contributed by atoms with Crippen molar-refractivity contribution in [2.45, 2.75) is 54.2 Å². The van der Waals surface area contributed by atoms with Crippen LogP contribution in [0.3, 0.4) is 0 Å². The fraction of sp³-hybridized carbons (Fsp3) is 0.127. The molecule has 0 N–H and O–H groups in total. The van der Waals surface area contributed by atoms with Crippen LogP contribution in [-0.4, -0.2) is 27.6 Å². The molecule has 0 saturated heterocycles. The summed E-state index contributed by atoms with van der Waals surface area (Å²) in [5.41, 5.74) is 13.8. The number of fused-ring (bicyclic) bond motifs is 7. The van der Waals surface area contributed by atoms with E-state index in [-0.39, 0.29) is 31.2 Å². The molecule has 0 bridgehead atoms. The molecule has 4 aromatic heterocycles. The molecule has 72 heavy (non-hydrogen) atoms. The maximum Gasteiger partial charge on any atom is 0.124 e. The SMILES string of the molecule is Cc1cc(-c2ccccc2)cc(C)c1-n1c(-c2[c-]cc(F)c3c2oc2ccncc23)nc2cc3c(cc21)c(C)c(C)c1ccccc13.[2H]C([2H])([2H])c1cc(-c2[c-]cc(-c3ccccc3)cc2F)ncc1[Si](C)(C)C.[Ir]. The number of rotatable bonds is 6. The Morgan fingerprint density at radius 1 is 0.611 bits per heavy atom. The van der Waals surface area contributed by atoms with Crippen LogP contribution in [0.15, 0.2) is 163 Å². The molecule has 0 saturated carbocycles. The molecule has 12 aromatic rings. The number of aromatic nitrogens is 4. The van der Waals surface area contributed by atoms with E-state index in [0.29, 0.717) is 44.6 Å². The van der Waals surface area contributed by atoms with E-state index in [1.165, 1.54) is 45.5 Å². The summed E-state index contributed by atoms with van der Waals surface area (Å²) >= 11 is 0. The molecule has 0 spiro atoms. The third kappa shape index (κ3) is 8.45. The Morgan fingerprint density at radius 2 is 1.26 bits per heavy atom. The normalized spacial score (nSPS) is 12.4. The van der Waals surface area contributed by atoms with Gasteiger partial charge in [0.15, 0.2) is 0 Å². The van der Waals surface area contributed by atoms with Crippen LogP contribution >= 0.6 is 0 Å². The average Bonchev–Trinajstić information content (AvgIpc) is 3.98. The number of benzene rings is 8. The van der Waals surface area contributed by atoms with Crippen molar-refractivity contribution in [3.05, 3.63) is 210 Å². The molecule has 12 rings (SSSR count). The van der Waals surface area contributed by atoms with E-state index in [1.807, 2.05) is 36.4 Å². The van der Waals surface area contributed by atoms with Gasteiger partial charge in [0.1, 0.15) is 5.58 Å². The van der Waals surface area contributed by atoms with E-state index in [0.717, 1.165) is 55.1 Å². The van der Waals surface area contributed by atoms with Crippen LogP contribution in [0.1, 0.15) is 31.9 Å². The Kier molecular flexibility index (Phi) is 11.7. The van der Waals surface area contributed by atoms with Crippen molar-refractivity contribution in [1.29, 1.82) is 0 Å². The molecule has 4 heterocycles. The van der Waals surface area contributed by atoms with Gasteiger partial charge in [0.2, 0.25) is 0 Å². The first-order valence-corrected chi connectivity index (χ1v) is 27.1. The monoisotopic (exact) mass is 1140 g/mol. The molecule has 0 aliphatic carbocycles. The fourth-order valence-corrected chi connectivity index (χ4v) is 11.4. The summed E-state index contributed by atoms with van der Waals surface area (Å²) < 4.78 is 62.5. The zero-order valence-corrected chi connectivity index (χ0v) is 44.2. The van der Waals surface area contributed by atoms with Crippen LogP contribution in [0.25, 0.3) is 105 Å². The van der Waals surface area contributed by atoms with Gasteiger partial charge in [0.25, 0.3) is 0 Å². The van der Waals surface area contributed by atoms with Gasteiger partial charge in [-0.15, -0.1) is 30.3 Å². The first-order chi connectivity index (χ1) is 35.5. The molecule has 0 atom stereocenters. The zero-order valence-electron chi connectivity index (χ0n) is 43.8. The largest absolute Gasteiger partial charge is 0.500 e. The summed E-state index contributed by atoms with van der Waals surface area (Å²) in [6.45, 7) is 12.6. The standard InChI is InChI=1S/C42H29FN3O.C21H21FNSi.Ir/c1-23-18-28(27-10-6-5-7-11-27)19-24(2)40(23)46-37-21-32-26(4)25(3)29-12-8-9-13-30(29)33(32)20-36(37)45-42(46)31-14-15-35(43)39-34-22-44-17-16-38(34)47-41(31)39;1-15-12-20(23-14-21(15)24(2,3)4)18-11-10-17(13-19(18)22)16-8-6-5-7-9-16;/h5-13,15-22H,1-4H3;5-10,12-14H,1-4H3;/q2*-1;/i;1D3;. The first kappa shape index (κ1) is 44.5. The van der Waals surface area contributed by atoms with Crippen LogP contribution in [0, 0.1) is 58.3 Å². The second-order valence-electron chi connectivity index (χ2n) is 19.3. The van der Waals surface area contributed by atoms with E-state index in [9.17, 15) is 4.39 Å².